The first kappa shape index (κ1) is 21.8. The van der Waals surface area contributed by atoms with Crippen LogP contribution in [0.2, 0.25) is 0 Å². The Balaban J connectivity index is 1.54. The molecule has 0 radical (unpaired) electrons. The first-order valence-corrected chi connectivity index (χ1v) is 11.3. The zero-order valence-corrected chi connectivity index (χ0v) is 19.1. The van der Waals surface area contributed by atoms with Crippen LogP contribution in [0.4, 0.5) is 17.1 Å². The van der Waals surface area contributed by atoms with Gasteiger partial charge < -0.3 is 15.0 Å². The lowest BCUT2D eigenvalue weighted by atomic mass is 10.1. The number of benzene rings is 3. The molecule has 0 spiro atoms. The van der Waals surface area contributed by atoms with E-state index in [2.05, 4.69) is 5.32 Å². The summed E-state index contributed by atoms with van der Waals surface area (Å²) in [5.74, 6) is 0.995. The van der Waals surface area contributed by atoms with Crippen molar-refractivity contribution in [1.82, 2.24) is 0 Å². The zero-order valence-electron chi connectivity index (χ0n) is 18.2. The summed E-state index contributed by atoms with van der Waals surface area (Å²) >= 11 is 1.58. The molecule has 0 bridgehead atoms. The van der Waals surface area contributed by atoms with Gasteiger partial charge in [0.2, 0.25) is 5.91 Å². The molecular weight excluding hydrogens is 422 g/mol. The number of hydrogen-bond acceptors (Lipinski definition) is 5. The minimum absolute atomic E-state index is 0.0743. The van der Waals surface area contributed by atoms with Gasteiger partial charge >= 0.3 is 0 Å². The van der Waals surface area contributed by atoms with Crippen molar-refractivity contribution in [3.05, 3.63) is 83.9 Å². The molecule has 1 fully saturated rings. The van der Waals surface area contributed by atoms with E-state index in [4.69, 9.17) is 4.74 Å². The number of hydrogen-bond donors (Lipinski definition) is 1. The van der Waals surface area contributed by atoms with Gasteiger partial charge in [-0.05, 0) is 66.2 Å². The van der Waals surface area contributed by atoms with Crippen LogP contribution in [0.25, 0.3) is 0 Å². The van der Waals surface area contributed by atoms with Crippen molar-refractivity contribution < 1.29 is 14.3 Å². The molecule has 0 saturated carbocycles. The van der Waals surface area contributed by atoms with Crippen molar-refractivity contribution in [2.45, 2.75) is 5.37 Å². The van der Waals surface area contributed by atoms with E-state index < -0.39 is 0 Å². The highest BCUT2D eigenvalue weighted by atomic mass is 32.2. The van der Waals surface area contributed by atoms with E-state index in [9.17, 15) is 9.59 Å². The van der Waals surface area contributed by atoms with Gasteiger partial charge in [0.25, 0.3) is 5.91 Å². The number of nitrogens with zero attached hydrogens (tertiary/aromatic N) is 2. The molecule has 1 N–H and O–H groups in total. The molecule has 7 heteroatoms. The molecule has 0 aliphatic carbocycles. The molecule has 0 aromatic heterocycles. The maximum Gasteiger partial charge on any atom is 0.255 e. The molecule has 2 amide bonds. The average Bonchev–Trinajstić information content (AvgIpc) is 3.20. The van der Waals surface area contributed by atoms with Crippen LogP contribution < -0.4 is 19.9 Å². The fraction of sp³-hybridized carbons (Fsp3) is 0.200. The quantitative estimate of drug-likeness (QED) is 0.589. The van der Waals surface area contributed by atoms with Gasteiger partial charge in [-0.1, -0.05) is 12.1 Å². The maximum absolute atomic E-state index is 12.7. The number of ether oxygens (including phenoxy) is 1. The molecule has 6 nitrogen and oxygen atoms in total. The molecule has 1 heterocycles. The Morgan fingerprint density at radius 3 is 2.44 bits per heavy atom. The summed E-state index contributed by atoms with van der Waals surface area (Å²) in [6.45, 7) is 0. The second-order valence-corrected chi connectivity index (χ2v) is 8.71. The molecule has 1 atom stereocenters. The standard InChI is InChI=1S/C25H25N3O3S/c1-27(2)20-9-11-21(12-10-20)28-23(29)16-32-25(28)18-5-4-6-19(15-18)26-24(30)17-7-13-22(31-3)14-8-17/h4-15,25H,16H2,1-3H3,(H,26,30)/t25-/m0/s1. The highest BCUT2D eigenvalue weighted by Crippen LogP contribution is 2.42. The van der Waals surface area contributed by atoms with Crippen LogP contribution in [-0.2, 0) is 4.79 Å². The molecule has 1 aliphatic heterocycles. The van der Waals surface area contributed by atoms with Gasteiger partial charge in [-0.2, -0.15) is 0 Å². The van der Waals surface area contributed by atoms with E-state index in [0.717, 1.165) is 16.9 Å². The third kappa shape index (κ3) is 4.57. The molecule has 1 saturated heterocycles. The van der Waals surface area contributed by atoms with Crippen LogP contribution in [0.1, 0.15) is 21.3 Å². The SMILES string of the molecule is COc1ccc(C(=O)Nc2cccc([C@@H]3SCC(=O)N3c3ccc(N(C)C)cc3)c2)cc1. The van der Waals surface area contributed by atoms with Crippen molar-refractivity contribution >= 4 is 40.6 Å². The van der Waals surface area contributed by atoms with Gasteiger partial charge in [0.15, 0.2) is 0 Å². The number of carbonyl (C=O) groups excluding carboxylic acids is 2. The minimum atomic E-state index is -0.198. The van der Waals surface area contributed by atoms with Crippen molar-refractivity contribution in [2.75, 3.05) is 42.1 Å². The number of anilines is 3. The van der Waals surface area contributed by atoms with Gasteiger partial charge in [-0.25, -0.2) is 0 Å². The fourth-order valence-corrected chi connectivity index (χ4v) is 4.74. The predicted molar refractivity (Wildman–Crippen MR) is 131 cm³/mol. The summed E-state index contributed by atoms with van der Waals surface area (Å²) in [5.41, 5.74) is 4.14. The number of carbonyl (C=O) groups is 2. The normalized spacial score (nSPS) is 15.5. The van der Waals surface area contributed by atoms with Gasteiger partial charge in [0.05, 0.1) is 12.9 Å². The van der Waals surface area contributed by atoms with Crippen molar-refractivity contribution in [3.8, 4) is 5.75 Å². The van der Waals surface area contributed by atoms with E-state index in [-0.39, 0.29) is 17.2 Å². The van der Waals surface area contributed by atoms with E-state index in [0.29, 0.717) is 22.8 Å². The number of thioether (sulfide) groups is 1. The van der Waals surface area contributed by atoms with Gasteiger partial charge in [-0.3, -0.25) is 14.5 Å². The third-order valence-electron chi connectivity index (χ3n) is 5.29. The molecule has 3 aromatic rings. The largest absolute Gasteiger partial charge is 0.497 e. The number of rotatable bonds is 6. The lowest BCUT2D eigenvalue weighted by molar-refractivity contribution is -0.115. The lowest BCUT2D eigenvalue weighted by Crippen LogP contribution is -2.27. The van der Waals surface area contributed by atoms with Crippen molar-refractivity contribution in [3.63, 3.8) is 0 Å². The van der Waals surface area contributed by atoms with Gasteiger partial charge in [-0.15, -0.1) is 11.8 Å². The van der Waals surface area contributed by atoms with Crippen LogP contribution in [0.3, 0.4) is 0 Å². The van der Waals surface area contributed by atoms with E-state index in [1.54, 1.807) is 43.1 Å². The Hall–Kier alpha value is -3.45. The first-order chi connectivity index (χ1) is 15.5. The summed E-state index contributed by atoms with van der Waals surface area (Å²) in [6, 6.07) is 22.6. The molecule has 32 heavy (non-hydrogen) atoms. The lowest BCUT2D eigenvalue weighted by Gasteiger charge is -2.25. The average molecular weight is 448 g/mol. The van der Waals surface area contributed by atoms with Crippen LogP contribution >= 0.6 is 11.8 Å². The van der Waals surface area contributed by atoms with E-state index >= 15 is 0 Å². The maximum atomic E-state index is 12.7. The smallest absolute Gasteiger partial charge is 0.255 e. The molecule has 164 valence electrons. The third-order valence-corrected chi connectivity index (χ3v) is 6.51. The first-order valence-electron chi connectivity index (χ1n) is 10.2. The Morgan fingerprint density at radius 1 is 1.06 bits per heavy atom. The summed E-state index contributed by atoms with van der Waals surface area (Å²) in [6.07, 6.45) is 0. The Morgan fingerprint density at radius 2 is 1.78 bits per heavy atom. The van der Waals surface area contributed by atoms with E-state index in [1.165, 1.54) is 0 Å². The predicted octanol–water partition coefficient (Wildman–Crippen LogP) is 4.79. The summed E-state index contributed by atoms with van der Waals surface area (Å²) in [5, 5.41) is 2.80. The molecule has 3 aromatic carbocycles. The van der Waals surface area contributed by atoms with Crippen LogP contribution in [0.5, 0.6) is 5.75 Å². The van der Waals surface area contributed by atoms with Gasteiger partial charge in [0, 0.05) is 36.7 Å². The van der Waals surface area contributed by atoms with Crippen molar-refractivity contribution in [2.24, 2.45) is 0 Å². The highest BCUT2D eigenvalue weighted by molar-refractivity contribution is 8.00. The Bertz CT molecular complexity index is 1110. The molecular formula is C25H25N3O3S. The van der Waals surface area contributed by atoms with Crippen molar-refractivity contribution in [1.29, 1.82) is 0 Å². The van der Waals surface area contributed by atoms with Crippen LogP contribution in [0.15, 0.2) is 72.8 Å². The second-order valence-electron chi connectivity index (χ2n) is 7.65. The number of amides is 2. The van der Waals surface area contributed by atoms with Gasteiger partial charge in [0.1, 0.15) is 11.1 Å². The highest BCUT2D eigenvalue weighted by Gasteiger charge is 2.34. The summed E-state index contributed by atoms with van der Waals surface area (Å²) in [4.78, 5) is 29.2. The Labute approximate surface area is 192 Å². The summed E-state index contributed by atoms with van der Waals surface area (Å²) in [7, 11) is 5.56. The van der Waals surface area contributed by atoms with Crippen LogP contribution in [-0.4, -0.2) is 38.8 Å². The van der Waals surface area contributed by atoms with E-state index in [1.807, 2.05) is 72.4 Å². The minimum Gasteiger partial charge on any atom is -0.497 e. The Kier molecular flexibility index (Phi) is 6.37. The topological polar surface area (TPSA) is 61.9 Å². The second kappa shape index (κ2) is 9.36. The molecule has 1 aliphatic rings. The summed E-state index contributed by atoms with van der Waals surface area (Å²) < 4.78 is 5.14. The zero-order chi connectivity index (χ0) is 22.7. The monoisotopic (exact) mass is 447 g/mol. The van der Waals surface area contributed by atoms with Crippen LogP contribution in [0, 0.1) is 0 Å². The fourth-order valence-electron chi connectivity index (χ4n) is 3.58. The molecule has 0 unspecified atom stereocenters. The molecule has 4 rings (SSSR count). The number of nitrogens with one attached hydrogen (secondary N) is 1. The number of methoxy groups -OCH3 is 1.